The number of benzene rings is 1. The summed E-state index contributed by atoms with van der Waals surface area (Å²) in [6.07, 6.45) is -4.75. The molecule has 0 aliphatic carbocycles. The van der Waals surface area contributed by atoms with Gasteiger partial charge in [-0.1, -0.05) is 25.6 Å². The summed E-state index contributed by atoms with van der Waals surface area (Å²) >= 11 is 0. The first-order valence-electron chi connectivity index (χ1n) is 8.03. The Hall–Kier alpha value is -2.14. The van der Waals surface area contributed by atoms with Gasteiger partial charge in [-0.15, -0.1) is 5.54 Å². The Balaban J connectivity index is 3.12. The van der Waals surface area contributed by atoms with Gasteiger partial charge in [0, 0.05) is 6.04 Å². The lowest BCUT2D eigenvalue weighted by molar-refractivity contribution is -0.174. The number of carbonyl (C=O) groups excluding carboxylic acids is 1. The number of nitrogens with one attached hydrogen (secondary N) is 1. The SMILES string of the molecule is COc1cc(CC(C)NC(=O)C(F)(F)F)c(OC)cc1C#C[Si](C)(C)C. The van der Waals surface area contributed by atoms with E-state index in [4.69, 9.17) is 9.47 Å². The summed E-state index contributed by atoms with van der Waals surface area (Å²) in [7, 11) is 1.38. The second kappa shape index (κ2) is 8.49. The minimum atomic E-state index is -4.91. The van der Waals surface area contributed by atoms with E-state index >= 15 is 0 Å². The molecule has 1 atom stereocenters. The fraction of sp³-hybridized carbons (Fsp3) is 0.500. The van der Waals surface area contributed by atoms with Gasteiger partial charge in [-0.2, -0.15) is 13.2 Å². The first-order valence-corrected chi connectivity index (χ1v) is 11.5. The largest absolute Gasteiger partial charge is 0.496 e. The van der Waals surface area contributed by atoms with Crippen molar-refractivity contribution < 1.29 is 27.4 Å². The van der Waals surface area contributed by atoms with Gasteiger partial charge in [0.05, 0.1) is 19.8 Å². The number of ether oxygens (including phenoxy) is 2. The first-order chi connectivity index (χ1) is 11.9. The summed E-state index contributed by atoms with van der Waals surface area (Å²) in [5.74, 6) is 2.14. The Morgan fingerprint density at radius 2 is 1.77 bits per heavy atom. The predicted molar refractivity (Wildman–Crippen MR) is 97.1 cm³/mol. The molecule has 0 heterocycles. The molecule has 0 aliphatic heterocycles. The molecular weight excluding hydrogens is 363 g/mol. The second-order valence-corrected chi connectivity index (χ2v) is 11.7. The molecule has 0 fully saturated rings. The van der Waals surface area contributed by atoms with Crippen LogP contribution in [0.25, 0.3) is 0 Å². The Morgan fingerprint density at radius 1 is 1.19 bits per heavy atom. The Bertz CT molecular complexity index is 715. The molecule has 0 aromatic heterocycles. The Labute approximate surface area is 153 Å². The van der Waals surface area contributed by atoms with Crippen molar-refractivity contribution in [3.8, 4) is 23.0 Å². The third kappa shape index (κ3) is 6.63. The maximum absolute atomic E-state index is 12.4. The van der Waals surface area contributed by atoms with Crippen LogP contribution in [-0.2, 0) is 11.2 Å². The zero-order valence-corrected chi connectivity index (χ0v) is 16.8. The van der Waals surface area contributed by atoms with Gasteiger partial charge < -0.3 is 14.8 Å². The summed E-state index contributed by atoms with van der Waals surface area (Å²) in [5.41, 5.74) is 4.52. The lowest BCUT2D eigenvalue weighted by Gasteiger charge is -2.18. The van der Waals surface area contributed by atoms with E-state index in [0.717, 1.165) is 0 Å². The fourth-order valence-electron chi connectivity index (χ4n) is 2.16. The van der Waals surface area contributed by atoms with Crippen LogP contribution < -0.4 is 14.8 Å². The van der Waals surface area contributed by atoms with Crippen LogP contribution >= 0.6 is 0 Å². The van der Waals surface area contributed by atoms with Crippen LogP contribution in [0.4, 0.5) is 13.2 Å². The van der Waals surface area contributed by atoms with Crippen molar-refractivity contribution in [2.24, 2.45) is 0 Å². The summed E-state index contributed by atoms with van der Waals surface area (Å²) in [5, 5.41) is 1.93. The van der Waals surface area contributed by atoms with Gasteiger partial charge in [0.2, 0.25) is 0 Å². The molecule has 4 nitrogen and oxygen atoms in total. The van der Waals surface area contributed by atoms with E-state index in [1.807, 2.05) is 5.32 Å². The maximum Gasteiger partial charge on any atom is 0.471 e. The standard InChI is InChI=1S/C18H24F3NO3Si/c1-12(22-17(23)18(19,20)21)9-14-11-15(24-2)13(10-16(14)25-3)7-8-26(4,5)6/h10-12H,9H2,1-6H3,(H,22,23). The third-order valence-electron chi connectivity index (χ3n) is 3.34. The van der Waals surface area contributed by atoms with E-state index in [-0.39, 0.29) is 6.42 Å². The number of amides is 1. The monoisotopic (exact) mass is 387 g/mol. The van der Waals surface area contributed by atoms with Crippen molar-refractivity contribution in [3.05, 3.63) is 23.3 Å². The van der Waals surface area contributed by atoms with E-state index in [1.54, 1.807) is 12.1 Å². The molecule has 0 spiro atoms. The van der Waals surface area contributed by atoms with Gasteiger partial charge in [-0.3, -0.25) is 4.79 Å². The molecule has 1 N–H and O–H groups in total. The van der Waals surface area contributed by atoms with Crippen LogP contribution in [0.1, 0.15) is 18.1 Å². The van der Waals surface area contributed by atoms with Gasteiger partial charge in [0.15, 0.2) is 0 Å². The molecule has 0 aliphatic rings. The van der Waals surface area contributed by atoms with Gasteiger partial charge in [-0.05, 0) is 31.0 Å². The topological polar surface area (TPSA) is 47.6 Å². The molecular formula is C18H24F3NO3Si. The molecule has 1 aromatic rings. The molecule has 1 aromatic carbocycles. The van der Waals surface area contributed by atoms with E-state index in [9.17, 15) is 18.0 Å². The number of halogens is 3. The van der Waals surface area contributed by atoms with Crippen molar-refractivity contribution in [3.63, 3.8) is 0 Å². The van der Waals surface area contributed by atoms with Crippen molar-refractivity contribution in [1.29, 1.82) is 0 Å². The van der Waals surface area contributed by atoms with E-state index in [2.05, 4.69) is 31.1 Å². The average Bonchev–Trinajstić information content (AvgIpc) is 2.51. The van der Waals surface area contributed by atoms with Crippen LogP contribution in [0.5, 0.6) is 11.5 Å². The molecule has 1 amide bonds. The number of methoxy groups -OCH3 is 2. The van der Waals surface area contributed by atoms with Crippen molar-refractivity contribution in [2.45, 2.75) is 45.2 Å². The van der Waals surface area contributed by atoms with E-state index in [1.165, 1.54) is 21.1 Å². The highest BCUT2D eigenvalue weighted by molar-refractivity contribution is 6.83. The highest BCUT2D eigenvalue weighted by Crippen LogP contribution is 2.29. The van der Waals surface area contributed by atoms with Gasteiger partial charge in [-0.25, -0.2) is 0 Å². The minimum Gasteiger partial charge on any atom is -0.496 e. The zero-order chi connectivity index (χ0) is 20.1. The summed E-state index contributed by atoms with van der Waals surface area (Å²) < 4.78 is 47.8. The van der Waals surface area contributed by atoms with Crippen molar-refractivity contribution in [1.82, 2.24) is 5.32 Å². The fourth-order valence-corrected chi connectivity index (χ4v) is 2.67. The lowest BCUT2D eigenvalue weighted by atomic mass is 10.0. The zero-order valence-electron chi connectivity index (χ0n) is 15.8. The second-order valence-electron chi connectivity index (χ2n) is 6.94. The van der Waals surface area contributed by atoms with Crippen LogP contribution in [0.2, 0.25) is 19.6 Å². The van der Waals surface area contributed by atoms with Gasteiger partial charge in [0.1, 0.15) is 19.6 Å². The minimum absolute atomic E-state index is 0.156. The van der Waals surface area contributed by atoms with Crippen LogP contribution in [0.3, 0.4) is 0 Å². The smallest absolute Gasteiger partial charge is 0.471 e. The van der Waals surface area contributed by atoms with Crippen LogP contribution in [0.15, 0.2) is 12.1 Å². The van der Waals surface area contributed by atoms with Gasteiger partial charge in [0.25, 0.3) is 0 Å². The van der Waals surface area contributed by atoms with E-state index < -0.39 is 26.2 Å². The number of hydrogen-bond donors (Lipinski definition) is 1. The molecule has 0 radical (unpaired) electrons. The Morgan fingerprint density at radius 3 is 2.23 bits per heavy atom. The molecule has 1 rings (SSSR count). The molecule has 0 saturated carbocycles. The summed E-state index contributed by atoms with van der Waals surface area (Å²) in [4.78, 5) is 11.1. The highest BCUT2D eigenvalue weighted by Gasteiger charge is 2.39. The van der Waals surface area contributed by atoms with E-state index in [0.29, 0.717) is 22.6 Å². The number of rotatable bonds is 5. The van der Waals surface area contributed by atoms with Gasteiger partial charge >= 0.3 is 12.1 Å². The molecule has 1 unspecified atom stereocenters. The quantitative estimate of drug-likeness (QED) is 0.621. The normalized spacial score (nSPS) is 12.7. The molecule has 144 valence electrons. The maximum atomic E-state index is 12.4. The van der Waals surface area contributed by atoms with Crippen molar-refractivity contribution in [2.75, 3.05) is 14.2 Å². The average molecular weight is 387 g/mol. The lowest BCUT2D eigenvalue weighted by Crippen LogP contribution is -2.42. The molecule has 26 heavy (non-hydrogen) atoms. The predicted octanol–water partition coefficient (Wildman–Crippen LogP) is 3.54. The summed E-state index contributed by atoms with van der Waals surface area (Å²) in [6, 6.07) is 2.66. The third-order valence-corrected chi connectivity index (χ3v) is 4.21. The number of carbonyl (C=O) groups is 1. The van der Waals surface area contributed by atoms with Crippen molar-refractivity contribution >= 4 is 14.0 Å². The number of hydrogen-bond acceptors (Lipinski definition) is 3. The van der Waals surface area contributed by atoms with Crippen LogP contribution in [0, 0.1) is 11.5 Å². The number of alkyl halides is 3. The summed E-state index contributed by atoms with van der Waals surface area (Å²) in [6.45, 7) is 7.84. The first kappa shape index (κ1) is 21.9. The Kier molecular flexibility index (Phi) is 7.15. The molecule has 0 saturated heterocycles. The highest BCUT2D eigenvalue weighted by atomic mass is 28.3. The molecule has 0 bridgehead atoms. The molecule has 8 heteroatoms. The van der Waals surface area contributed by atoms with Crippen LogP contribution in [-0.4, -0.2) is 40.4 Å².